The summed E-state index contributed by atoms with van der Waals surface area (Å²) in [6.45, 7) is 3.63. The Morgan fingerprint density at radius 2 is 2.19 bits per heavy atom. The Morgan fingerprint density at radius 3 is 2.81 bits per heavy atom. The molecular formula is C14H14ClN5O. The van der Waals surface area contributed by atoms with E-state index in [4.69, 9.17) is 17.3 Å². The summed E-state index contributed by atoms with van der Waals surface area (Å²) >= 11 is 6.16. The van der Waals surface area contributed by atoms with Gasteiger partial charge in [-0.2, -0.15) is 5.10 Å². The van der Waals surface area contributed by atoms with Crippen LogP contribution in [0.15, 0.2) is 29.2 Å². The van der Waals surface area contributed by atoms with Gasteiger partial charge in [0.2, 0.25) is 0 Å². The molecule has 6 nitrogen and oxygen atoms in total. The second-order valence-electron chi connectivity index (χ2n) is 4.93. The first-order valence-corrected chi connectivity index (χ1v) is 6.85. The number of nitrogens with one attached hydrogen (secondary N) is 1. The number of nitrogens with two attached hydrogens (primary N) is 1. The van der Waals surface area contributed by atoms with Crippen LogP contribution in [0.1, 0.15) is 24.4 Å². The summed E-state index contributed by atoms with van der Waals surface area (Å²) in [6.07, 6.45) is 1.64. The van der Waals surface area contributed by atoms with E-state index in [-0.39, 0.29) is 5.56 Å². The fourth-order valence-corrected chi connectivity index (χ4v) is 2.54. The Balaban J connectivity index is 2.50. The first kappa shape index (κ1) is 13.8. The van der Waals surface area contributed by atoms with Crippen LogP contribution in [0.2, 0.25) is 5.02 Å². The van der Waals surface area contributed by atoms with Gasteiger partial charge in [-0.05, 0) is 26.0 Å². The van der Waals surface area contributed by atoms with Crippen LogP contribution in [0.3, 0.4) is 0 Å². The van der Waals surface area contributed by atoms with Gasteiger partial charge in [-0.25, -0.2) is 9.55 Å². The Morgan fingerprint density at radius 1 is 1.43 bits per heavy atom. The lowest BCUT2D eigenvalue weighted by molar-refractivity contribution is 0.686. The van der Waals surface area contributed by atoms with Gasteiger partial charge in [-0.15, -0.1) is 0 Å². The van der Waals surface area contributed by atoms with Crippen LogP contribution in [0.4, 0.5) is 0 Å². The first-order valence-electron chi connectivity index (χ1n) is 6.47. The van der Waals surface area contributed by atoms with Crippen LogP contribution in [0, 0.1) is 6.92 Å². The van der Waals surface area contributed by atoms with Crippen LogP contribution in [-0.4, -0.2) is 19.7 Å². The molecule has 108 valence electrons. The lowest BCUT2D eigenvalue weighted by Gasteiger charge is -2.15. The molecule has 0 amide bonds. The van der Waals surface area contributed by atoms with Gasteiger partial charge >= 0.3 is 0 Å². The summed E-state index contributed by atoms with van der Waals surface area (Å²) in [5.74, 6) is 1.02. The Kier molecular flexibility index (Phi) is 3.27. The highest BCUT2D eigenvalue weighted by molar-refractivity contribution is 6.35. The molecule has 7 heteroatoms. The lowest BCUT2D eigenvalue weighted by atomic mass is 10.2. The van der Waals surface area contributed by atoms with Crippen LogP contribution < -0.4 is 11.3 Å². The second kappa shape index (κ2) is 4.98. The zero-order valence-corrected chi connectivity index (χ0v) is 12.3. The van der Waals surface area contributed by atoms with E-state index in [1.807, 2.05) is 6.92 Å². The number of hydrogen-bond donors (Lipinski definition) is 2. The molecule has 3 N–H and O–H groups in total. The molecule has 1 aromatic carbocycles. The van der Waals surface area contributed by atoms with Crippen LogP contribution in [0.25, 0.3) is 16.7 Å². The Bertz CT molecular complexity index is 881. The predicted molar refractivity (Wildman–Crippen MR) is 81.8 cm³/mol. The van der Waals surface area contributed by atoms with Gasteiger partial charge in [0.25, 0.3) is 5.56 Å². The third-order valence-corrected chi connectivity index (χ3v) is 3.62. The van der Waals surface area contributed by atoms with Crippen LogP contribution in [0.5, 0.6) is 0 Å². The summed E-state index contributed by atoms with van der Waals surface area (Å²) in [4.78, 5) is 17.4. The topological polar surface area (TPSA) is 89.6 Å². The number of nitrogens with zero attached hydrogens (tertiary/aromatic N) is 3. The van der Waals surface area contributed by atoms with E-state index in [9.17, 15) is 4.79 Å². The maximum absolute atomic E-state index is 12.9. The lowest BCUT2D eigenvalue weighted by Crippen LogP contribution is -2.28. The van der Waals surface area contributed by atoms with Gasteiger partial charge in [0.1, 0.15) is 11.6 Å². The summed E-state index contributed by atoms with van der Waals surface area (Å²) in [6, 6.07) is 4.76. The molecule has 0 bridgehead atoms. The minimum atomic E-state index is -0.413. The van der Waals surface area contributed by atoms with E-state index < -0.39 is 6.04 Å². The van der Waals surface area contributed by atoms with Crippen molar-refractivity contribution in [2.24, 2.45) is 5.73 Å². The second-order valence-corrected chi connectivity index (χ2v) is 5.34. The van der Waals surface area contributed by atoms with Gasteiger partial charge in [-0.1, -0.05) is 17.7 Å². The van der Waals surface area contributed by atoms with Crippen molar-refractivity contribution in [3.63, 3.8) is 0 Å². The molecule has 3 rings (SSSR count). The number of benzene rings is 1. The third kappa shape index (κ3) is 2.12. The van der Waals surface area contributed by atoms with Gasteiger partial charge in [-0.3, -0.25) is 9.89 Å². The van der Waals surface area contributed by atoms with Gasteiger partial charge < -0.3 is 5.73 Å². The van der Waals surface area contributed by atoms with E-state index in [1.165, 1.54) is 4.57 Å². The molecule has 0 aliphatic rings. The Hall–Kier alpha value is -2.18. The number of hydrogen-bond acceptors (Lipinski definition) is 4. The summed E-state index contributed by atoms with van der Waals surface area (Å²) in [5.41, 5.74) is 7.08. The van der Waals surface area contributed by atoms with Gasteiger partial charge in [0, 0.05) is 5.56 Å². The summed E-state index contributed by atoms with van der Waals surface area (Å²) < 4.78 is 1.45. The quantitative estimate of drug-likeness (QED) is 0.758. The summed E-state index contributed by atoms with van der Waals surface area (Å²) in [7, 11) is 0. The number of aryl methyl sites for hydroxylation is 1. The molecule has 1 atom stereocenters. The SMILES string of the molecule is Cc1cn[nH]c1-n1c(C(C)N)nc2cccc(Cl)c2c1=O. The molecule has 0 aliphatic carbocycles. The van der Waals surface area contributed by atoms with Crippen LogP contribution in [-0.2, 0) is 0 Å². The highest BCUT2D eigenvalue weighted by Crippen LogP contribution is 2.22. The molecule has 0 saturated carbocycles. The zero-order valence-electron chi connectivity index (χ0n) is 11.6. The molecule has 2 heterocycles. The summed E-state index contributed by atoms with van der Waals surface area (Å²) in [5, 5.41) is 7.51. The molecule has 0 spiro atoms. The standard InChI is InChI=1S/C14H14ClN5O/c1-7-6-17-19-12(7)20-13(8(2)16)18-10-5-3-4-9(15)11(10)14(20)21/h3-6,8H,16H2,1-2H3,(H,17,19). The molecule has 0 radical (unpaired) electrons. The van der Waals surface area contributed by atoms with E-state index in [0.29, 0.717) is 27.6 Å². The fourth-order valence-electron chi connectivity index (χ4n) is 2.29. The van der Waals surface area contributed by atoms with Crippen LogP contribution >= 0.6 is 11.6 Å². The molecule has 21 heavy (non-hydrogen) atoms. The molecule has 3 aromatic rings. The largest absolute Gasteiger partial charge is 0.322 e. The minimum absolute atomic E-state index is 0.259. The highest BCUT2D eigenvalue weighted by Gasteiger charge is 2.19. The zero-order chi connectivity index (χ0) is 15.1. The van der Waals surface area contributed by atoms with Crippen molar-refractivity contribution in [1.82, 2.24) is 19.7 Å². The maximum Gasteiger partial charge on any atom is 0.268 e. The highest BCUT2D eigenvalue weighted by atomic mass is 35.5. The Labute approximate surface area is 125 Å². The van der Waals surface area contributed by atoms with E-state index in [2.05, 4.69) is 15.2 Å². The normalized spacial score (nSPS) is 12.8. The third-order valence-electron chi connectivity index (χ3n) is 3.31. The van der Waals surface area contributed by atoms with E-state index in [0.717, 1.165) is 5.56 Å². The van der Waals surface area contributed by atoms with E-state index in [1.54, 1.807) is 31.3 Å². The number of H-pyrrole nitrogens is 1. The first-order chi connectivity index (χ1) is 10.0. The van der Waals surface area contributed by atoms with Crippen molar-refractivity contribution < 1.29 is 0 Å². The van der Waals surface area contributed by atoms with Crippen molar-refractivity contribution in [3.05, 3.63) is 51.2 Å². The molecule has 1 unspecified atom stereocenters. The molecule has 0 fully saturated rings. The molecule has 0 aliphatic heterocycles. The van der Waals surface area contributed by atoms with Crippen molar-refractivity contribution in [2.75, 3.05) is 0 Å². The smallest absolute Gasteiger partial charge is 0.268 e. The van der Waals surface area contributed by atoms with Crippen molar-refractivity contribution in [2.45, 2.75) is 19.9 Å². The van der Waals surface area contributed by atoms with Crippen molar-refractivity contribution >= 4 is 22.5 Å². The number of fused-ring (bicyclic) bond motifs is 1. The molecule has 0 saturated heterocycles. The molecular weight excluding hydrogens is 290 g/mol. The van der Waals surface area contributed by atoms with Crippen molar-refractivity contribution in [1.29, 1.82) is 0 Å². The fraction of sp³-hybridized carbons (Fsp3) is 0.214. The number of rotatable bonds is 2. The monoisotopic (exact) mass is 303 g/mol. The number of aromatic amines is 1. The van der Waals surface area contributed by atoms with Crippen molar-refractivity contribution in [3.8, 4) is 5.82 Å². The minimum Gasteiger partial charge on any atom is -0.322 e. The average molecular weight is 304 g/mol. The maximum atomic E-state index is 12.9. The molecule has 2 aromatic heterocycles. The van der Waals surface area contributed by atoms with Gasteiger partial charge in [0.05, 0.1) is 28.2 Å². The predicted octanol–water partition coefficient (Wildman–Crippen LogP) is 2.09. The van der Waals surface area contributed by atoms with Gasteiger partial charge in [0.15, 0.2) is 0 Å². The average Bonchev–Trinajstić information content (AvgIpc) is 2.84. The number of halogens is 1. The number of aromatic nitrogens is 4. The van der Waals surface area contributed by atoms with E-state index >= 15 is 0 Å².